The number of hydrogen-bond donors (Lipinski definition) is 0. The lowest BCUT2D eigenvalue weighted by Crippen LogP contribution is -2.16. The molecular formula is C44H41BrN2O. The van der Waals surface area contributed by atoms with Crippen molar-refractivity contribution >= 4 is 67.5 Å². The van der Waals surface area contributed by atoms with Gasteiger partial charge in [-0.3, -0.25) is 0 Å². The normalized spacial score (nSPS) is 11.2. The first-order chi connectivity index (χ1) is 23.5. The van der Waals surface area contributed by atoms with E-state index in [0.29, 0.717) is 5.76 Å². The van der Waals surface area contributed by atoms with Gasteiger partial charge >= 0.3 is 0 Å². The average Bonchev–Trinajstić information content (AvgIpc) is 3.50. The summed E-state index contributed by atoms with van der Waals surface area (Å²) < 4.78 is 7.21. The second-order valence-electron chi connectivity index (χ2n) is 10.8. The van der Waals surface area contributed by atoms with E-state index < -0.39 is 0 Å². The SMILES string of the molecule is C=Cc1oc2cc(N(c3ccc(-c4ccccc4)cc3)c3cc(Br)cc(N(C(/C=C\C)=C/C)c4ccccc4)c3)ccc2c1C=C.CC. The standard InChI is InChI=1S/C42H35BrN2O.C2H6/c1-5-15-33(6-2)44(34-18-13-10-14-19-34)37-26-32(43)27-38(28-37)45(35-22-20-31(21-23-35)30-16-11-9-12-17-30)36-24-25-40-39(7-3)41(8-4)46-42(40)29-36;1-2/h5-29H,3-4H2,1-2H3;1-2H3/b15-5-,33-6+;. The van der Waals surface area contributed by atoms with Gasteiger partial charge in [0.25, 0.3) is 0 Å². The van der Waals surface area contributed by atoms with Crippen LogP contribution < -0.4 is 9.80 Å². The number of furan rings is 1. The van der Waals surface area contributed by atoms with Crippen LogP contribution >= 0.6 is 15.9 Å². The largest absolute Gasteiger partial charge is 0.456 e. The Bertz CT molecular complexity index is 2060. The van der Waals surface area contributed by atoms with E-state index >= 15 is 0 Å². The maximum Gasteiger partial charge on any atom is 0.137 e. The smallest absolute Gasteiger partial charge is 0.137 e. The van der Waals surface area contributed by atoms with Crippen molar-refractivity contribution in [3.8, 4) is 11.1 Å². The number of anilines is 5. The number of allylic oxidation sites excluding steroid dienone is 3. The monoisotopic (exact) mass is 692 g/mol. The molecular weight excluding hydrogens is 652 g/mol. The molecule has 0 saturated carbocycles. The Hall–Kier alpha value is -5.32. The van der Waals surface area contributed by atoms with Crippen molar-refractivity contribution in [3.05, 3.63) is 174 Å². The molecule has 6 rings (SSSR count). The molecule has 0 amide bonds. The lowest BCUT2D eigenvalue weighted by Gasteiger charge is -2.30. The van der Waals surface area contributed by atoms with Crippen LogP contribution in [0.3, 0.4) is 0 Å². The molecule has 4 heteroatoms. The van der Waals surface area contributed by atoms with Gasteiger partial charge in [-0.1, -0.05) is 122 Å². The fraction of sp³-hybridized carbons (Fsp3) is 0.0909. The summed E-state index contributed by atoms with van der Waals surface area (Å²) in [5.41, 5.74) is 10.2. The van der Waals surface area contributed by atoms with Crippen LogP contribution in [0.15, 0.2) is 167 Å². The van der Waals surface area contributed by atoms with Crippen LogP contribution in [0.5, 0.6) is 0 Å². The second kappa shape index (κ2) is 16.0. The molecule has 48 heavy (non-hydrogen) atoms. The van der Waals surface area contributed by atoms with Crippen molar-refractivity contribution < 1.29 is 4.42 Å². The second-order valence-corrected chi connectivity index (χ2v) is 11.7. The minimum absolute atomic E-state index is 0.715. The van der Waals surface area contributed by atoms with E-state index in [4.69, 9.17) is 4.42 Å². The molecule has 0 aliphatic carbocycles. The molecule has 0 bridgehead atoms. The summed E-state index contributed by atoms with van der Waals surface area (Å²) in [6, 6.07) is 42.4. The summed E-state index contributed by atoms with van der Waals surface area (Å²) in [5, 5.41) is 1.00. The average molecular weight is 694 g/mol. The molecule has 3 nitrogen and oxygen atoms in total. The molecule has 240 valence electrons. The molecule has 0 aliphatic rings. The fourth-order valence-corrected chi connectivity index (χ4v) is 6.29. The van der Waals surface area contributed by atoms with Gasteiger partial charge in [-0.15, -0.1) is 0 Å². The molecule has 5 aromatic carbocycles. The number of halogens is 1. The van der Waals surface area contributed by atoms with Crippen LogP contribution in [0.1, 0.15) is 39.0 Å². The summed E-state index contributed by atoms with van der Waals surface area (Å²) in [6.45, 7) is 16.1. The van der Waals surface area contributed by atoms with Crippen LogP contribution in [0.2, 0.25) is 0 Å². The first-order valence-corrected chi connectivity index (χ1v) is 17.1. The molecule has 0 fully saturated rings. The molecule has 1 heterocycles. The minimum Gasteiger partial charge on any atom is -0.456 e. The molecule has 0 spiro atoms. The quantitative estimate of drug-likeness (QED) is 0.133. The van der Waals surface area contributed by atoms with Crippen LogP contribution in [-0.4, -0.2) is 0 Å². The van der Waals surface area contributed by atoms with Crippen LogP contribution in [0.25, 0.3) is 34.2 Å². The van der Waals surface area contributed by atoms with Gasteiger partial charge in [0.1, 0.15) is 11.3 Å². The predicted octanol–water partition coefficient (Wildman–Crippen LogP) is 14.3. The summed E-state index contributed by atoms with van der Waals surface area (Å²) >= 11 is 3.86. The van der Waals surface area contributed by atoms with Crippen molar-refractivity contribution in [1.82, 2.24) is 0 Å². The van der Waals surface area contributed by atoms with Gasteiger partial charge in [-0.05, 0) is 91.7 Å². The fourth-order valence-electron chi connectivity index (χ4n) is 5.82. The van der Waals surface area contributed by atoms with E-state index in [-0.39, 0.29) is 0 Å². The maximum absolute atomic E-state index is 6.25. The summed E-state index contributed by atoms with van der Waals surface area (Å²) in [6.07, 6.45) is 9.89. The molecule has 0 aliphatic heterocycles. The first kappa shape index (κ1) is 34.0. The molecule has 0 unspecified atom stereocenters. The predicted molar refractivity (Wildman–Crippen MR) is 213 cm³/mol. The molecule has 0 radical (unpaired) electrons. The molecule has 0 saturated heterocycles. The number of para-hydroxylation sites is 1. The Labute approximate surface area is 293 Å². The van der Waals surface area contributed by atoms with Gasteiger partial charge in [0, 0.05) is 55.6 Å². The first-order valence-electron chi connectivity index (χ1n) is 16.3. The third-order valence-corrected chi connectivity index (χ3v) is 8.37. The maximum atomic E-state index is 6.25. The number of fused-ring (bicyclic) bond motifs is 1. The Morgan fingerprint density at radius 2 is 1.27 bits per heavy atom. The summed E-state index contributed by atoms with van der Waals surface area (Å²) in [5.74, 6) is 0.715. The zero-order valence-electron chi connectivity index (χ0n) is 28.0. The molecule has 0 atom stereocenters. The third-order valence-electron chi connectivity index (χ3n) is 7.91. The van der Waals surface area contributed by atoms with E-state index in [1.54, 1.807) is 6.08 Å². The van der Waals surface area contributed by atoms with Gasteiger partial charge in [-0.25, -0.2) is 0 Å². The highest BCUT2D eigenvalue weighted by atomic mass is 79.9. The molecule has 0 N–H and O–H groups in total. The van der Waals surface area contributed by atoms with E-state index in [9.17, 15) is 0 Å². The highest BCUT2D eigenvalue weighted by molar-refractivity contribution is 9.10. The van der Waals surface area contributed by atoms with Crippen LogP contribution in [-0.2, 0) is 0 Å². The third kappa shape index (κ3) is 7.15. The topological polar surface area (TPSA) is 19.6 Å². The number of benzene rings is 5. The lowest BCUT2D eigenvalue weighted by atomic mass is 10.0. The van der Waals surface area contributed by atoms with E-state index in [1.165, 1.54) is 5.56 Å². The van der Waals surface area contributed by atoms with Gasteiger partial charge < -0.3 is 14.2 Å². The van der Waals surface area contributed by atoms with Crippen molar-refractivity contribution in [2.75, 3.05) is 9.80 Å². The number of nitrogens with zero attached hydrogens (tertiary/aromatic N) is 2. The van der Waals surface area contributed by atoms with Gasteiger partial charge in [0.2, 0.25) is 0 Å². The van der Waals surface area contributed by atoms with Crippen LogP contribution in [0.4, 0.5) is 28.4 Å². The van der Waals surface area contributed by atoms with Gasteiger partial charge in [0.05, 0.1) is 0 Å². The number of rotatable bonds is 10. The summed E-state index contributed by atoms with van der Waals surface area (Å²) in [7, 11) is 0. The zero-order chi connectivity index (χ0) is 34.0. The summed E-state index contributed by atoms with van der Waals surface area (Å²) in [4.78, 5) is 4.54. The van der Waals surface area contributed by atoms with Gasteiger partial charge in [0.15, 0.2) is 0 Å². The highest BCUT2D eigenvalue weighted by Gasteiger charge is 2.20. The van der Waals surface area contributed by atoms with E-state index in [1.807, 2.05) is 39.0 Å². The van der Waals surface area contributed by atoms with Crippen LogP contribution in [0, 0.1) is 0 Å². The Morgan fingerprint density at radius 1 is 0.646 bits per heavy atom. The lowest BCUT2D eigenvalue weighted by molar-refractivity contribution is 0.603. The van der Waals surface area contributed by atoms with Crippen molar-refractivity contribution in [2.24, 2.45) is 0 Å². The Kier molecular flexibility index (Phi) is 11.3. The minimum atomic E-state index is 0.715. The van der Waals surface area contributed by atoms with E-state index in [2.05, 4.69) is 173 Å². The van der Waals surface area contributed by atoms with E-state index in [0.717, 1.165) is 60.7 Å². The Morgan fingerprint density at radius 3 is 1.90 bits per heavy atom. The Balaban J connectivity index is 0.00000221. The zero-order valence-corrected chi connectivity index (χ0v) is 29.6. The molecule has 1 aromatic heterocycles. The van der Waals surface area contributed by atoms with Crippen molar-refractivity contribution in [3.63, 3.8) is 0 Å². The number of hydrogen-bond acceptors (Lipinski definition) is 3. The van der Waals surface area contributed by atoms with Gasteiger partial charge in [-0.2, -0.15) is 0 Å². The highest BCUT2D eigenvalue weighted by Crippen LogP contribution is 2.43. The molecule has 6 aromatic rings. The van der Waals surface area contributed by atoms with Crippen molar-refractivity contribution in [2.45, 2.75) is 27.7 Å². The van der Waals surface area contributed by atoms with Crippen molar-refractivity contribution in [1.29, 1.82) is 0 Å².